The van der Waals surface area contributed by atoms with Crippen molar-refractivity contribution in [3.63, 3.8) is 0 Å². The molecule has 0 radical (unpaired) electrons. The number of piperidine rings is 1. The summed E-state index contributed by atoms with van der Waals surface area (Å²) in [6, 6.07) is 0. The van der Waals surface area contributed by atoms with Crippen LogP contribution in [0.15, 0.2) is 12.1 Å². The molecule has 0 aromatic heterocycles. The van der Waals surface area contributed by atoms with Crippen LogP contribution in [-0.2, 0) is 0 Å². The fourth-order valence-corrected chi connectivity index (χ4v) is 2.23. The Hall–Kier alpha value is -0.445. The average molecular weight is 234 g/mol. The van der Waals surface area contributed by atoms with Gasteiger partial charge in [0.1, 0.15) is 0 Å². The zero-order valence-corrected chi connectivity index (χ0v) is 9.89. The standard InChI is InChI=1S/C11H20BF3N/c1-3-4-11-5-7-16(8-6-11)9-10(2)12(13,14)15/h11H,2-9H2,1H3/q-1. The predicted molar refractivity (Wildman–Crippen MR) is 62.3 cm³/mol. The van der Waals surface area contributed by atoms with E-state index in [4.69, 9.17) is 0 Å². The molecule has 1 aliphatic heterocycles. The lowest BCUT2D eigenvalue weighted by Crippen LogP contribution is -2.38. The Morgan fingerprint density at radius 1 is 1.31 bits per heavy atom. The van der Waals surface area contributed by atoms with Gasteiger partial charge in [0, 0.05) is 0 Å². The maximum atomic E-state index is 12.3. The van der Waals surface area contributed by atoms with E-state index in [-0.39, 0.29) is 6.54 Å². The Kier molecular flexibility index (Phi) is 4.90. The van der Waals surface area contributed by atoms with Gasteiger partial charge in [-0.05, 0) is 38.4 Å². The van der Waals surface area contributed by atoms with Gasteiger partial charge in [-0.1, -0.05) is 19.8 Å². The maximum absolute atomic E-state index is 12.3. The Morgan fingerprint density at radius 2 is 1.88 bits per heavy atom. The van der Waals surface area contributed by atoms with E-state index < -0.39 is 12.4 Å². The van der Waals surface area contributed by atoms with Crippen molar-refractivity contribution < 1.29 is 12.9 Å². The highest BCUT2D eigenvalue weighted by Crippen LogP contribution is 2.24. The van der Waals surface area contributed by atoms with E-state index in [1.807, 2.05) is 4.90 Å². The van der Waals surface area contributed by atoms with E-state index in [0.29, 0.717) is 5.92 Å². The van der Waals surface area contributed by atoms with Gasteiger partial charge >= 0.3 is 6.98 Å². The summed E-state index contributed by atoms with van der Waals surface area (Å²) in [4.78, 5) is 1.88. The zero-order chi connectivity index (χ0) is 12.2. The molecule has 0 amide bonds. The van der Waals surface area contributed by atoms with Crippen molar-refractivity contribution in [1.82, 2.24) is 4.90 Å². The third-order valence-corrected chi connectivity index (χ3v) is 3.29. The van der Waals surface area contributed by atoms with Crippen LogP contribution in [-0.4, -0.2) is 31.5 Å². The second-order valence-corrected chi connectivity index (χ2v) is 4.74. The second-order valence-electron chi connectivity index (χ2n) is 4.74. The van der Waals surface area contributed by atoms with Gasteiger partial charge in [-0.3, -0.25) is 0 Å². The van der Waals surface area contributed by atoms with Gasteiger partial charge < -0.3 is 17.8 Å². The van der Waals surface area contributed by atoms with Crippen LogP contribution in [0, 0.1) is 5.92 Å². The van der Waals surface area contributed by atoms with Crippen molar-refractivity contribution in [2.75, 3.05) is 19.6 Å². The van der Waals surface area contributed by atoms with E-state index in [9.17, 15) is 12.9 Å². The number of rotatable bonds is 5. The first-order valence-electron chi connectivity index (χ1n) is 6.03. The average Bonchev–Trinajstić information content (AvgIpc) is 2.20. The molecule has 16 heavy (non-hydrogen) atoms. The van der Waals surface area contributed by atoms with Gasteiger partial charge in [-0.25, -0.2) is 0 Å². The first kappa shape index (κ1) is 13.6. The first-order valence-corrected chi connectivity index (χ1v) is 6.03. The number of nitrogens with zero attached hydrogens (tertiary/aromatic N) is 1. The molecule has 0 saturated carbocycles. The minimum atomic E-state index is -4.86. The summed E-state index contributed by atoms with van der Waals surface area (Å²) < 4.78 is 37.0. The lowest BCUT2D eigenvalue weighted by molar-refractivity contribution is 0.191. The predicted octanol–water partition coefficient (Wildman–Crippen LogP) is 3.44. The van der Waals surface area contributed by atoms with Crippen LogP contribution in [0.25, 0.3) is 0 Å². The molecule has 1 aliphatic rings. The summed E-state index contributed by atoms with van der Waals surface area (Å²) in [7, 11) is 0. The Morgan fingerprint density at radius 3 is 2.31 bits per heavy atom. The zero-order valence-electron chi connectivity index (χ0n) is 9.89. The summed E-state index contributed by atoms with van der Waals surface area (Å²) in [6.45, 7) is 2.01. The van der Waals surface area contributed by atoms with Crippen LogP contribution in [0.4, 0.5) is 12.9 Å². The van der Waals surface area contributed by atoms with Gasteiger partial charge in [0.15, 0.2) is 0 Å². The number of likely N-dealkylation sites (tertiary alicyclic amines) is 1. The van der Waals surface area contributed by atoms with Crippen molar-refractivity contribution in [1.29, 1.82) is 0 Å². The smallest absolute Gasteiger partial charge is 0.445 e. The van der Waals surface area contributed by atoms with Gasteiger partial charge in [0.05, 0.1) is 0 Å². The Balaban J connectivity index is 2.30. The first-order chi connectivity index (χ1) is 7.43. The normalized spacial score (nSPS) is 20.0. The molecule has 0 aromatic rings. The monoisotopic (exact) mass is 234 g/mol. The topological polar surface area (TPSA) is 3.24 Å². The molecule has 0 aromatic carbocycles. The van der Waals surface area contributed by atoms with Crippen molar-refractivity contribution in [3.8, 4) is 0 Å². The summed E-state index contributed by atoms with van der Waals surface area (Å²) in [6.07, 6.45) is 4.44. The molecular weight excluding hydrogens is 214 g/mol. The summed E-state index contributed by atoms with van der Waals surface area (Å²) in [5.74, 6) is 0.714. The van der Waals surface area contributed by atoms with E-state index in [1.54, 1.807) is 0 Å². The van der Waals surface area contributed by atoms with Crippen LogP contribution in [0.3, 0.4) is 0 Å². The number of hydrogen-bond donors (Lipinski definition) is 0. The summed E-state index contributed by atoms with van der Waals surface area (Å²) in [5.41, 5.74) is -0.561. The number of hydrogen-bond acceptors (Lipinski definition) is 1. The second kappa shape index (κ2) is 5.76. The fourth-order valence-electron chi connectivity index (χ4n) is 2.23. The SMILES string of the molecule is C=C(CN1CCC(CCC)CC1)[B-](F)(F)F. The molecule has 1 heterocycles. The molecule has 0 bridgehead atoms. The summed E-state index contributed by atoms with van der Waals surface area (Å²) in [5, 5.41) is 0. The van der Waals surface area contributed by atoms with Crippen molar-refractivity contribution in [2.24, 2.45) is 5.92 Å². The van der Waals surface area contributed by atoms with E-state index in [0.717, 1.165) is 25.9 Å². The van der Waals surface area contributed by atoms with Crippen LogP contribution in [0.5, 0.6) is 0 Å². The molecule has 0 unspecified atom stereocenters. The van der Waals surface area contributed by atoms with Crippen LogP contribution in [0.1, 0.15) is 32.6 Å². The van der Waals surface area contributed by atoms with Gasteiger partial charge in [-0.15, -0.1) is 12.1 Å². The lowest BCUT2D eigenvalue weighted by Gasteiger charge is -2.34. The molecular formula is C11H20BF3N-. The van der Waals surface area contributed by atoms with E-state index >= 15 is 0 Å². The molecule has 94 valence electrons. The third kappa shape index (κ3) is 4.20. The van der Waals surface area contributed by atoms with Crippen LogP contribution in [0.2, 0.25) is 0 Å². The van der Waals surface area contributed by atoms with E-state index in [1.165, 1.54) is 12.8 Å². The third-order valence-electron chi connectivity index (χ3n) is 3.29. The van der Waals surface area contributed by atoms with Crippen molar-refractivity contribution in [2.45, 2.75) is 32.6 Å². The Labute approximate surface area is 95.8 Å². The van der Waals surface area contributed by atoms with Crippen LogP contribution < -0.4 is 0 Å². The highest BCUT2D eigenvalue weighted by Gasteiger charge is 2.28. The molecule has 0 atom stereocenters. The maximum Gasteiger partial charge on any atom is 0.506 e. The minimum Gasteiger partial charge on any atom is -0.445 e. The minimum absolute atomic E-state index is 0.00233. The molecule has 1 nitrogen and oxygen atoms in total. The molecule has 0 spiro atoms. The van der Waals surface area contributed by atoms with E-state index in [2.05, 4.69) is 13.5 Å². The molecule has 0 N–H and O–H groups in total. The van der Waals surface area contributed by atoms with Gasteiger partial charge in [0.2, 0.25) is 0 Å². The molecule has 1 fully saturated rings. The molecule has 1 saturated heterocycles. The Bertz CT molecular complexity index is 232. The summed E-state index contributed by atoms with van der Waals surface area (Å²) >= 11 is 0. The highest BCUT2D eigenvalue weighted by molar-refractivity contribution is 6.66. The van der Waals surface area contributed by atoms with Crippen molar-refractivity contribution >= 4 is 6.98 Å². The lowest BCUT2D eigenvalue weighted by atomic mass is 9.79. The number of halogens is 3. The van der Waals surface area contributed by atoms with Crippen molar-refractivity contribution in [3.05, 3.63) is 12.1 Å². The molecule has 0 aliphatic carbocycles. The quantitative estimate of drug-likeness (QED) is 0.658. The fraction of sp³-hybridized carbons (Fsp3) is 0.818. The van der Waals surface area contributed by atoms with Gasteiger partial charge in [0.25, 0.3) is 0 Å². The highest BCUT2D eigenvalue weighted by atomic mass is 19.4. The largest absolute Gasteiger partial charge is 0.506 e. The molecule has 5 heteroatoms. The van der Waals surface area contributed by atoms with Gasteiger partial charge in [-0.2, -0.15) is 0 Å². The van der Waals surface area contributed by atoms with Crippen LogP contribution >= 0.6 is 0 Å². The molecule has 1 rings (SSSR count).